The van der Waals surface area contributed by atoms with Gasteiger partial charge in [-0.25, -0.2) is 13.9 Å². The van der Waals surface area contributed by atoms with Crippen LogP contribution in [0.3, 0.4) is 0 Å². The molecule has 0 aromatic carbocycles. The zero-order chi connectivity index (χ0) is 9.97. The molecule has 0 amide bonds. The van der Waals surface area contributed by atoms with Gasteiger partial charge in [0.25, 0.3) is 0 Å². The van der Waals surface area contributed by atoms with Crippen molar-refractivity contribution in [1.82, 2.24) is 19.2 Å². The Morgan fingerprint density at radius 2 is 2.36 bits per heavy atom. The van der Waals surface area contributed by atoms with Crippen LogP contribution >= 0.6 is 0 Å². The van der Waals surface area contributed by atoms with Gasteiger partial charge in [-0.05, 0) is 0 Å². The van der Waals surface area contributed by atoms with Crippen molar-refractivity contribution in [3.63, 3.8) is 0 Å². The second-order valence-electron chi connectivity index (χ2n) is 2.77. The van der Waals surface area contributed by atoms with E-state index in [1.165, 1.54) is 21.5 Å². The first kappa shape index (κ1) is 8.61. The van der Waals surface area contributed by atoms with Crippen molar-refractivity contribution < 1.29 is 4.79 Å². The highest BCUT2D eigenvalue weighted by molar-refractivity contribution is 5.48. The highest BCUT2D eigenvalue weighted by Gasteiger charge is 2.04. The smallest absolute Gasteiger partial charge is 0.303 e. The van der Waals surface area contributed by atoms with Crippen LogP contribution in [0.5, 0.6) is 0 Å². The van der Waals surface area contributed by atoms with E-state index < -0.39 is 0 Å². The molecule has 14 heavy (non-hydrogen) atoms. The summed E-state index contributed by atoms with van der Waals surface area (Å²) in [6, 6.07) is 0. The lowest BCUT2D eigenvalue weighted by molar-refractivity contribution is -0.108. The number of fused-ring (bicyclic) bond motifs is 1. The average molecular weight is 192 g/mol. The Labute approximate surface area is 78.8 Å². The quantitative estimate of drug-likeness (QED) is 0.613. The minimum absolute atomic E-state index is 0.246. The van der Waals surface area contributed by atoms with E-state index in [0.717, 1.165) is 6.29 Å². The first-order chi connectivity index (χ1) is 6.83. The van der Waals surface area contributed by atoms with Gasteiger partial charge in [-0.1, -0.05) is 0 Å². The van der Waals surface area contributed by atoms with Crippen LogP contribution in [-0.4, -0.2) is 25.5 Å². The Balaban J connectivity index is 2.51. The van der Waals surface area contributed by atoms with E-state index in [1.807, 2.05) is 0 Å². The molecule has 2 aromatic heterocycles. The molecule has 2 rings (SSSR count). The Bertz CT molecular complexity index is 513. The first-order valence-electron chi connectivity index (χ1n) is 4.16. The molecule has 0 aliphatic heterocycles. The van der Waals surface area contributed by atoms with Crippen LogP contribution in [-0.2, 0) is 11.3 Å². The Morgan fingerprint density at radius 1 is 1.50 bits per heavy atom. The van der Waals surface area contributed by atoms with Crippen LogP contribution in [0.1, 0.15) is 6.42 Å². The molecular formula is C8H8N4O2. The number of carbonyl (C=O) groups is 1. The van der Waals surface area contributed by atoms with Gasteiger partial charge in [-0.2, -0.15) is 0 Å². The van der Waals surface area contributed by atoms with Crippen LogP contribution in [0.15, 0.2) is 23.4 Å². The molecule has 6 heteroatoms. The molecule has 0 saturated carbocycles. The van der Waals surface area contributed by atoms with Gasteiger partial charge in [0.1, 0.15) is 6.29 Å². The van der Waals surface area contributed by atoms with Crippen molar-refractivity contribution in [3.8, 4) is 0 Å². The fourth-order valence-corrected chi connectivity index (χ4v) is 1.20. The summed E-state index contributed by atoms with van der Waals surface area (Å²) in [6.45, 7) is 0.310. The summed E-state index contributed by atoms with van der Waals surface area (Å²) < 4.78 is 2.64. The first-order valence-corrected chi connectivity index (χ1v) is 4.16. The molecule has 2 heterocycles. The Morgan fingerprint density at radius 3 is 3.07 bits per heavy atom. The summed E-state index contributed by atoms with van der Waals surface area (Å²) >= 11 is 0. The van der Waals surface area contributed by atoms with E-state index in [2.05, 4.69) is 10.1 Å². The van der Waals surface area contributed by atoms with Crippen molar-refractivity contribution in [2.45, 2.75) is 13.0 Å². The minimum atomic E-state index is -0.246. The van der Waals surface area contributed by atoms with E-state index >= 15 is 0 Å². The zero-order valence-corrected chi connectivity index (χ0v) is 7.33. The molecule has 0 bridgehead atoms. The molecule has 0 unspecified atom stereocenters. The van der Waals surface area contributed by atoms with E-state index in [4.69, 9.17) is 0 Å². The summed E-state index contributed by atoms with van der Waals surface area (Å²) in [5, 5.41) is 4.00. The van der Waals surface area contributed by atoms with E-state index in [1.54, 1.807) is 6.20 Å². The van der Waals surface area contributed by atoms with Crippen molar-refractivity contribution in [2.75, 3.05) is 0 Å². The third-order valence-electron chi connectivity index (χ3n) is 1.85. The van der Waals surface area contributed by atoms with Crippen LogP contribution in [0, 0.1) is 0 Å². The number of carbonyl (C=O) groups excluding carboxylic acids is 1. The molecule has 0 radical (unpaired) electrons. The number of hydrogen-bond acceptors (Lipinski definition) is 4. The summed E-state index contributed by atoms with van der Waals surface area (Å²) in [6.07, 6.45) is 5.60. The van der Waals surface area contributed by atoms with E-state index in [-0.39, 0.29) is 12.1 Å². The highest BCUT2D eigenvalue weighted by Crippen LogP contribution is 1.92. The average Bonchev–Trinajstić information content (AvgIpc) is 2.54. The van der Waals surface area contributed by atoms with Crippen LogP contribution in [0.2, 0.25) is 0 Å². The lowest BCUT2D eigenvalue weighted by atomic mass is 10.5. The van der Waals surface area contributed by atoms with Gasteiger partial charge in [0, 0.05) is 18.8 Å². The molecule has 0 N–H and O–H groups in total. The molecule has 0 fully saturated rings. The molecule has 6 nitrogen and oxygen atoms in total. The normalized spacial score (nSPS) is 10.6. The van der Waals surface area contributed by atoms with Gasteiger partial charge in [0.05, 0.1) is 12.7 Å². The minimum Gasteiger partial charge on any atom is -0.303 e. The fourth-order valence-electron chi connectivity index (χ4n) is 1.20. The molecule has 2 aromatic rings. The number of aryl methyl sites for hydroxylation is 1. The number of nitrogens with zero attached hydrogens (tertiary/aromatic N) is 4. The third-order valence-corrected chi connectivity index (χ3v) is 1.85. The number of rotatable bonds is 3. The van der Waals surface area contributed by atoms with Crippen molar-refractivity contribution in [1.29, 1.82) is 0 Å². The summed E-state index contributed by atoms with van der Waals surface area (Å²) in [5.74, 6) is 0. The third kappa shape index (κ3) is 1.30. The van der Waals surface area contributed by atoms with Gasteiger partial charge in [-0.15, -0.1) is 5.10 Å². The molecule has 0 atom stereocenters. The van der Waals surface area contributed by atoms with Crippen LogP contribution in [0.25, 0.3) is 5.65 Å². The molecule has 0 saturated heterocycles. The van der Waals surface area contributed by atoms with E-state index in [9.17, 15) is 9.59 Å². The molecule has 72 valence electrons. The van der Waals surface area contributed by atoms with Crippen LogP contribution < -0.4 is 5.69 Å². The van der Waals surface area contributed by atoms with Crippen molar-refractivity contribution >= 4 is 11.9 Å². The van der Waals surface area contributed by atoms with Gasteiger partial charge in [0.15, 0.2) is 5.65 Å². The van der Waals surface area contributed by atoms with Crippen molar-refractivity contribution in [3.05, 3.63) is 29.1 Å². The Hall–Kier alpha value is -1.98. The number of aromatic nitrogens is 4. The van der Waals surface area contributed by atoms with Gasteiger partial charge >= 0.3 is 5.69 Å². The van der Waals surface area contributed by atoms with E-state index in [0.29, 0.717) is 12.2 Å². The molecular weight excluding hydrogens is 184 g/mol. The number of hydrogen-bond donors (Lipinski definition) is 0. The van der Waals surface area contributed by atoms with Gasteiger partial charge < -0.3 is 4.79 Å². The molecule has 0 spiro atoms. The molecule has 0 aliphatic carbocycles. The summed E-state index contributed by atoms with van der Waals surface area (Å²) in [4.78, 5) is 25.5. The lowest BCUT2D eigenvalue weighted by Crippen LogP contribution is -2.21. The zero-order valence-electron chi connectivity index (χ0n) is 7.33. The maximum atomic E-state index is 11.6. The summed E-state index contributed by atoms with van der Waals surface area (Å²) in [5.41, 5.74) is 0.243. The lowest BCUT2D eigenvalue weighted by Gasteiger charge is -1.90. The predicted octanol–water partition coefficient (Wildman–Crippen LogP) is -0.520. The number of aldehydes is 1. The standard InChI is InChI=1S/C8H8N4O2/c13-5-1-3-12-8(14)11-4-2-9-6-7(11)10-12/h2,4-6H,1,3H2. The monoisotopic (exact) mass is 192 g/mol. The maximum Gasteiger partial charge on any atom is 0.350 e. The van der Waals surface area contributed by atoms with Crippen molar-refractivity contribution in [2.24, 2.45) is 0 Å². The van der Waals surface area contributed by atoms with Gasteiger partial charge in [0.2, 0.25) is 0 Å². The predicted molar refractivity (Wildman–Crippen MR) is 47.9 cm³/mol. The second-order valence-corrected chi connectivity index (χ2v) is 2.77. The SMILES string of the molecule is O=CCCn1nc2cnccn2c1=O. The second kappa shape index (κ2) is 3.41. The summed E-state index contributed by atoms with van der Waals surface area (Å²) in [7, 11) is 0. The molecule has 0 aliphatic rings. The Kier molecular flexibility index (Phi) is 2.10. The fraction of sp³-hybridized carbons (Fsp3) is 0.250. The topological polar surface area (TPSA) is 69.3 Å². The van der Waals surface area contributed by atoms with Gasteiger partial charge in [-0.3, -0.25) is 4.98 Å². The largest absolute Gasteiger partial charge is 0.350 e. The highest BCUT2D eigenvalue weighted by atomic mass is 16.2. The van der Waals surface area contributed by atoms with Crippen LogP contribution in [0.4, 0.5) is 0 Å². The maximum absolute atomic E-state index is 11.6.